The van der Waals surface area contributed by atoms with Crippen LogP contribution in [0.25, 0.3) is 10.2 Å². The van der Waals surface area contributed by atoms with Crippen LogP contribution in [0.15, 0.2) is 64.6 Å². The Morgan fingerprint density at radius 1 is 1.12 bits per heavy atom. The average Bonchev–Trinajstić information content (AvgIpc) is 3.55. The smallest absolute Gasteiger partial charge is 0.267 e. The normalized spacial score (nSPS) is 18.4. The molecule has 1 fully saturated rings. The van der Waals surface area contributed by atoms with Gasteiger partial charge in [0, 0.05) is 24.7 Å². The molecule has 1 aliphatic heterocycles. The van der Waals surface area contributed by atoms with Crippen molar-refractivity contribution in [3.05, 3.63) is 81.0 Å². The minimum atomic E-state index is -3.74. The van der Waals surface area contributed by atoms with E-state index >= 15 is 0 Å². The number of sulfonamides is 1. The molecule has 3 heterocycles. The summed E-state index contributed by atoms with van der Waals surface area (Å²) < 4.78 is 42.3. The van der Waals surface area contributed by atoms with Crippen LogP contribution in [-0.4, -0.2) is 47.8 Å². The first-order valence-electron chi connectivity index (χ1n) is 12.3. The third-order valence-corrected chi connectivity index (χ3v) is 10.2. The molecule has 2 aromatic heterocycles. The molecule has 2 unspecified atom stereocenters. The summed E-state index contributed by atoms with van der Waals surface area (Å²) in [6.45, 7) is 4.93. The van der Waals surface area contributed by atoms with E-state index < -0.39 is 26.7 Å². The molecule has 0 bridgehead atoms. The van der Waals surface area contributed by atoms with Gasteiger partial charge in [-0.1, -0.05) is 36.5 Å². The van der Waals surface area contributed by atoms with Crippen LogP contribution in [0, 0.1) is 27.8 Å². The number of nitro groups is 1. The number of thiazole rings is 1. The Bertz CT molecular complexity index is 1710. The van der Waals surface area contributed by atoms with E-state index in [1.54, 1.807) is 0 Å². The number of piperidine rings is 1. The molecule has 0 saturated carbocycles. The topological polar surface area (TPSA) is 126 Å². The van der Waals surface area contributed by atoms with Crippen LogP contribution in [0.3, 0.4) is 0 Å². The third kappa shape index (κ3) is 5.80. The van der Waals surface area contributed by atoms with E-state index in [2.05, 4.69) is 10.1 Å². The Balaban J connectivity index is 1.46. The van der Waals surface area contributed by atoms with E-state index in [0.29, 0.717) is 28.2 Å². The highest BCUT2D eigenvalue weighted by molar-refractivity contribution is 7.89. The Kier molecular flexibility index (Phi) is 7.77. The van der Waals surface area contributed by atoms with Gasteiger partial charge in [0.05, 0.1) is 31.1 Å². The molecular weight excluding hydrogens is 578 g/mol. The van der Waals surface area contributed by atoms with Crippen LogP contribution in [-0.2, 0) is 10.0 Å². The molecule has 1 aliphatic rings. The van der Waals surface area contributed by atoms with Crippen molar-refractivity contribution in [3.8, 4) is 0 Å². The minimum absolute atomic E-state index is 0.0796. The summed E-state index contributed by atoms with van der Waals surface area (Å²) in [5.41, 5.74) is 0.617. The van der Waals surface area contributed by atoms with E-state index in [4.69, 9.17) is 0 Å². The van der Waals surface area contributed by atoms with Gasteiger partial charge in [-0.15, -0.1) is 0 Å². The summed E-state index contributed by atoms with van der Waals surface area (Å²) in [6, 6.07) is 12.5. The predicted octanol–water partition coefficient (Wildman–Crippen LogP) is 5.75. The van der Waals surface area contributed by atoms with Crippen LogP contribution >= 0.6 is 22.7 Å². The van der Waals surface area contributed by atoms with Crippen LogP contribution < -0.4 is 5.01 Å². The van der Waals surface area contributed by atoms with Gasteiger partial charge in [-0.25, -0.2) is 17.8 Å². The summed E-state index contributed by atoms with van der Waals surface area (Å²) in [4.78, 5) is 29.1. The lowest BCUT2D eigenvalue weighted by molar-refractivity contribution is -0.380. The van der Waals surface area contributed by atoms with Gasteiger partial charge in [-0.05, 0) is 66.8 Å². The molecule has 2 atom stereocenters. The number of carbonyl (C=O) groups excluding carboxylic acids is 1. The number of nitrogens with zero attached hydrogens (tertiary/aromatic N) is 5. The molecule has 14 heteroatoms. The number of carbonyl (C=O) groups is 1. The number of amides is 1. The fraction of sp³-hybridized carbons (Fsp3) is 0.269. The standard InChI is InChI=1S/C26H24FN5O5S3/c1-16-11-17(2)15-30(14-16)40(36,37)21-7-3-18(4-8-21)25(33)31(28-13-20-6-10-24(38-20)32(34)35)26-29-22-9-5-19(27)12-23(22)39-26/h3-10,12-13,16-17H,11,14-15H2,1-2H3/b28-13+. The van der Waals surface area contributed by atoms with Gasteiger partial charge in [-0.2, -0.15) is 14.4 Å². The zero-order chi connectivity index (χ0) is 28.6. The second kappa shape index (κ2) is 11.1. The first kappa shape index (κ1) is 28.0. The van der Waals surface area contributed by atoms with Gasteiger partial charge in [0.1, 0.15) is 5.82 Å². The maximum absolute atomic E-state index is 13.8. The van der Waals surface area contributed by atoms with Crippen molar-refractivity contribution in [3.63, 3.8) is 0 Å². The second-order valence-corrected chi connectivity index (χ2v) is 13.7. The summed E-state index contributed by atoms with van der Waals surface area (Å²) in [5.74, 6) is -0.564. The number of hydrazone groups is 1. The monoisotopic (exact) mass is 601 g/mol. The minimum Gasteiger partial charge on any atom is -0.267 e. The van der Waals surface area contributed by atoms with Crippen LogP contribution in [0.4, 0.5) is 14.5 Å². The van der Waals surface area contributed by atoms with Crippen molar-refractivity contribution in [1.29, 1.82) is 0 Å². The molecule has 208 valence electrons. The summed E-state index contributed by atoms with van der Waals surface area (Å²) >= 11 is 1.93. The van der Waals surface area contributed by atoms with Crippen LogP contribution in [0.5, 0.6) is 0 Å². The first-order valence-corrected chi connectivity index (χ1v) is 15.4. The number of hydrogen-bond donors (Lipinski definition) is 0. The number of aromatic nitrogens is 1. The molecular formula is C26H24FN5O5S3. The van der Waals surface area contributed by atoms with Gasteiger partial charge in [0.15, 0.2) is 0 Å². The molecule has 0 N–H and O–H groups in total. The summed E-state index contributed by atoms with van der Waals surface area (Å²) in [6.07, 6.45) is 2.27. The summed E-state index contributed by atoms with van der Waals surface area (Å²) in [5, 5.41) is 16.4. The van der Waals surface area contributed by atoms with E-state index in [-0.39, 0.29) is 32.4 Å². The maximum Gasteiger partial charge on any atom is 0.324 e. The number of thiophene rings is 1. The zero-order valence-corrected chi connectivity index (χ0v) is 23.9. The van der Waals surface area contributed by atoms with E-state index in [1.807, 2.05) is 13.8 Å². The van der Waals surface area contributed by atoms with Crippen molar-refractivity contribution >= 4 is 65.2 Å². The van der Waals surface area contributed by atoms with E-state index in [9.17, 15) is 27.7 Å². The van der Waals surface area contributed by atoms with Gasteiger partial charge in [-0.3, -0.25) is 14.9 Å². The largest absolute Gasteiger partial charge is 0.324 e. The molecule has 2 aromatic carbocycles. The SMILES string of the molecule is CC1CC(C)CN(S(=O)(=O)c2ccc(C(=O)N(/N=C/c3ccc([N+](=O)[O-])s3)c3nc4ccc(F)cc4s3)cc2)C1. The van der Waals surface area contributed by atoms with Crippen molar-refractivity contribution < 1.29 is 22.5 Å². The number of fused-ring (bicyclic) bond motifs is 1. The highest BCUT2D eigenvalue weighted by atomic mass is 32.2. The van der Waals surface area contributed by atoms with E-state index in [0.717, 1.165) is 34.1 Å². The number of halogens is 1. The average molecular weight is 602 g/mol. The summed E-state index contributed by atoms with van der Waals surface area (Å²) in [7, 11) is -3.74. The number of hydrogen-bond acceptors (Lipinski definition) is 9. The Labute approximate surface area is 237 Å². The molecule has 0 aliphatic carbocycles. The molecule has 10 nitrogen and oxygen atoms in total. The molecule has 5 rings (SSSR count). The predicted molar refractivity (Wildman–Crippen MR) is 153 cm³/mol. The quantitative estimate of drug-likeness (QED) is 0.151. The highest BCUT2D eigenvalue weighted by Crippen LogP contribution is 2.32. The van der Waals surface area contributed by atoms with Crippen molar-refractivity contribution in [2.75, 3.05) is 18.1 Å². The molecule has 4 aromatic rings. The highest BCUT2D eigenvalue weighted by Gasteiger charge is 2.32. The second-order valence-electron chi connectivity index (χ2n) is 9.70. The van der Waals surface area contributed by atoms with Gasteiger partial charge in [0.2, 0.25) is 15.2 Å². The number of rotatable bonds is 7. The zero-order valence-electron chi connectivity index (χ0n) is 21.4. The van der Waals surface area contributed by atoms with Crippen molar-refractivity contribution in [2.24, 2.45) is 16.9 Å². The van der Waals surface area contributed by atoms with Crippen molar-refractivity contribution in [1.82, 2.24) is 9.29 Å². The maximum atomic E-state index is 13.8. The first-order chi connectivity index (χ1) is 19.0. The fourth-order valence-electron chi connectivity index (χ4n) is 4.63. The van der Waals surface area contributed by atoms with Crippen molar-refractivity contribution in [2.45, 2.75) is 25.2 Å². The van der Waals surface area contributed by atoms with Crippen LogP contribution in [0.2, 0.25) is 0 Å². The third-order valence-electron chi connectivity index (χ3n) is 6.38. The number of benzene rings is 2. The van der Waals surface area contributed by atoms with E-state index in [1.165, 1.54) is 65.1 Å². The lowest BCUT2D eigenvalue weighted by Crippen LogP contribution is -2.42. The lowest BCUT2D eigenvalue weighted by atomic mass is 9.94. The number of anilines is 1. The lowest BCUT2D eigenvalue weighted by Gasteiger charge is -2.34. The Hall–Kier alpha value is -3.59. The molecule has 1 amide bonds. The van der Waals surface area contributed by atoms with Gasteiger partial charge in [0.25, 0.3) is 5.91 Å². The molecule has 40 heavy (non-hydrogen) atoms. The molecule has 0 spiro atoms. The Morgan fingerprint density at radius 3 is 2.48 bits per heavy atom. The molecule has 1 saturated heterocycles. The van der Waals surface area contributed by atoms with Gasteiger partial charge >= 0.3 is 5.00 Å². The van der Waals surface area contributed by atoms with Gasteiger partial charge < -0.3 is 0 Å². The fourth-order valence-corrected chi connectivity index (χ4v) is 7.95. The Morgan fingerprint density at radius 2 is 1.82 bits per heavy atom. The van der Waals surface area contributed by atoms with Crippen LogP contribution in [0.1, 0.15) is 35.5 Å². The molecule has 0 radical (unpaired) electrons.